The summed E-state index contributed by atoms with van der Waals surface area (Å²) < 4.78 is 4.26. The summed E-state index contributed by atoms with van der Waals surface area (Å²) in [5.74, 6) is 0. The Hall–Kier alpha value is -2.15. The lowest BCUT2D eigenvalue weighted by atomic mass is 10.2. The third-order valence-corrected chi connectivity index (χ3v) is 5.76. The van der Waals surface area contributed by atoms with E-state index in [0.717, 1.165) is 31.4 Å². The molecule has 0 fully saturated rings. The summed E-state index contributed by atoms with van der Waals surface area (Å²) in [6.45, 7) is 4.47. The fourth-order valence-electron chi connectivity index (χ4n) is 3.44. The molecule has 4 nitrogen and oxygen atoms in total. The van der Waals surface area contributed by atoms with Crippen LogP contribution in [0.5, 0.6) is 0 Å². The van der Waals surface area contributed by atoms with Gasteiger partial charge in [-0.15, -0.1) is 0 Å². The molecule has 142 valence electrons. The Kier molecular flexibility index (Phi) is 5.53. The number of hydrogen-bond donors (Lipinski definition) is 2. The smallest absolute Gasteiger partial charge is 0.0891 e. The van der Waals surface area contributed by atoms with Crippen LogP contribution in [0.4, 0.5) is 11.4 Å². The topological polar surface area (TPSA) is 49.6 Å². The van der Waals surface area contributed by atoms with E-state index in [1.807, 2.05) is 36.4 Å². The first-order valence-corrected chi connectivity index (χ1v) is 10.5. The molecule has 0 bridgehead atoms. The van der Waals surface area contributed by atoms with Gasteiger partial charge in [-0.1, -0.05) is 31.9 Å². The SMILES string of the molecule is C=Nc1ccc(NCC(O)Cn2c3ccc(Br)cc3c3cc(Br)ccc32)cc1. The molecular formula is C22H19Br2N3O. The van der Waals surface area contributed by atoms with Crippen molar-refractivity contribution < 1.29 is 5.11 Å². The lowest BCUT2D eigenvalue weighted by molar-refractivity contribution is 0.169. The van der Waals surface area contributed by atoms with Gasteiger partial charge in [-0.3, -0.25) is 4.99 Å². The van der Waals surface area contributed by atoms with E-state index in [-0.39, 0.29) is 0 Å². The summed E-state index contributed by atoms with van der Waals surface area (Å²) in [5, 5.41) is 16.3. The molecule has 3 aromatic carbocycles. The van der Waals surface area contributed by atoms with Crippen LogP contribution < -0.4 is 5.32 Å². The van der Waals surface area contributed by atoms with Gasteiger partial charge in [-0.25, -0.2) is 0 Å². The highest BCUT2D eigenvalue weighted by molar-refractivity contribution is 9.10. The Morgan fingerprint density at radius 3 is 2.04 bits per heavy atom. The molecule has 1 heterocycles. The van der Waals surface area contributed by atoms with Crippen molar-refractivity contribution in [3.8, 4) is 0 Å². The third kappa shape index (κ3) is 3.85. The highest BCUT2D eigenvalue weighted by Gasteiger charge is 2.14. The van der Waals surface area contributed by atoms with Crippen LogP contribution in [0, 0.1) is 0 Å². The fourth-order valence-corrected chi connectivity index (χ4v) is 4.16. The maximum Gasteiger partial charge on any atom is 0.0891 e. The second kappa shape index (κ2) is 8.07. The molecule has 1 unspecified atom stereocenters. The zero-order valence-electron chi connectivity index (χ0n) is 15.1. The average Bonchev–Trinajstić information content (AvgIpc) is 2.99. The molecule has 0 aliphatic carbocycles. The molecule has 0 aliphatic rings. The van der Waals surface area contributed by atoms with Crippen molar-refractivity contribution in [2.24, 2.45) is 4.99 Å². The number of aliphatic hydroxyl groups excluding tert-OH is 1. The number of rotatable bonds is 6. The highest BCUT2D eigenvalue weighted by atomic mass is 79.9. The molecule has 4 rings (SSSR count). The number of aromatic nitrogens is 1. The molecule has 28 heavy (non-hydrogen) atoms. The van der Waals surface area contributed by atoms with Crippen molar-refractivity contribution >= 4 is 71.8 Å². The van der Waals surface area contributed by atoms with E-state index in [4.69, 9.17) is 0 Å². The number of hydrogen-bond acceptors (Lipinski definition) is 3. The molecule has 0 radical (unpaired) electrons. The normalized spacial score (nSPS) is 12.4. The van der Waals surface area contributed by atoms with Gasteiger partial charge in [0.05, 0.1) is 18.3 Å². The molecular weight excluding hydrogens is 482 g/mol. The van der Waals surface area contributed by atoms with E-state index < -0.39 is 6.10 Å². The van der Waals surface area contributed by atoms with Crippen LogP contribution in [-0.4, -0.2) is 29.0 Å². The van der Waals surface area contributed by atoms with E-state index in [2.05, 4.69) is 77.7 Å². The van der Waals surface area contributed by atoms with Crippen molar-refractivity contribution in [1.82, 2.24) is 4.57 Å². The summed E-state index contributed by atoms with van der Waals surface area (Å²) in [4.78, 5) is 3.89. The predicted octanol–water partition coefficient (Wildman–Crippen LogP) is 6.12. The van der Waals surface area contributed by atoms with Crippen LogP contribution in [0.3, 0.4) is 0 Å². The Balaban J connectivity index is 1.60. The number of aliphatic imine (C=N–C) groups is 1. The minimum absolute atomic E-state index is 0.453. The zero-order valence-corrected chi connectivity index (χ0v) is 18.2. The van der Waals surface area contributed by atoms with Gasteiger partial charge in [0.2, 0.25) is 0 Å². The molecule has 0 spiro atoms. The lowest BCUT2D eigenvalue weighted by Gasteiger charge is -2.15. The van der Waals surface area contributed by atoms with Gasteiger partial charge in [-0.2, -0.15) is 0 Å². The first kappa shape index (κ1) is 19.2. The zero-order chi connectivity index (χ0) is 19.7. The van der Waals surface area contributed by atoms with Crippen LogP contribution in [0.15, 0.2) is 74.6 Å². The second-order valence-corrected chi connectivity index (χ2v) is 8.50. The minimum atomic E-state index is -0.539. The Morgan fingerprint density at radius 1 is 0.929 bits per heavy atom. The van der Waals surface area contributed by atoms with E-state index >= 15 is 0 Å². The first-order chi connectivity index (χ1) is 13.5. The fraction of sp³-hybridized carbons (Fsp3) is 0.136. The van der Waals surface area contributed by atoms with E-state index in [9.17, 15) is 5.11 Å². The second-order valence-electron chi connectivity index (χ2n) is 6.67. The largest absolute Gasteiger partial charge is 0.389 e. The molecule has 0 aliphatic heterocycles. The van der Waals surface area contributed by atoms with E-state index in [1.165, 1.54) is 10.8 Å². The van der Waals surface area contributed by atoms with Crippen molar-refractivity contribution in [1.29, 1.82) is 0 Å². The summed E-state index contributed by atoms with van der Waals surface area (Å²) >= 11 is 7.13. The van der Waals surface area contributed by atoms with Gasteiger partial charge in [0.1, 0.15) is 0 Å². The molecule has 0 amide bonds. The van der Waals surface area contributed by atoms with Gasteiger partial charge >= 0.3 is 0 Å². The molecule has 0 saturated carbocycles. The van der Waals surface area contributed by atoms with Crippen LogP contribution >= 0.6 is 31.9 Å². The number of benzene rings is 3. The van der Waals surface area contributed by atoms with E-state index in [1.54, 1.807) is 0 Å². The first-order valence-electron chi connectivity index (χ1n) is 8.91. The molecule has 4 aromatic rings. The van der Waals surface area contributed by atoms with Crippen LogP contribution in [0.2, 0.25) is 0 Å². The van der Waals surface area contributed by atoms with Gasteiger partial charge < -0.3 is 15.0 Å². The molecule has 1 atom stereocenters. The lowest BCUT2D eigenvalue weighted by Crippen LogP contribution is -2.24. The van der Waals surface area contributed by atoms with Gasteiger partial charge in [0, 0.05) is 43.0 Å². The van der Waals surface area contributed by atoms with E-state index in [0.29, 0.717) is 13.1 Å². The molecule has 2 N–H and O–H groups in total. The predicted molar refractivity (Wildman–Crippen MR) is 125 cm³/mol. The maximum atomic E-state index is 10.7. The van der Waals surface area contributed by atoms with Crippen LogP contribution in [-0.2, 0) is 6.54 Å². The standard InChI is InChI=1S/C22H19Br2N3O/c1-25-16-4-6-17(7-5-16)26-12-18(28)13-27-21-8-2-14(23)10-19(21)20-11-15(24)3-9-22(20)27/h2-11,18,26,28H,1,12-13H2. The summed E-state index contributed by atoms with van der Waals surface area (Å²) in [6, 6.07) is 20.2. The molecule has 6 heteroatoms. The van der Waals surface area contributed by atoms with Crippen molar-refractivity contribution in [2.45, 2.75) is 12.6 Å². The highest BCUT2D eigenvalue weighted by Crippen LogP contribution is 2.33. The van der Waals surface area contributed by atoms with Crippen molar-refractivity contribution in [3.63, 3.8) is 0 Å². The monoisotopic (exact) mass is 499 g/mol. The van der Waals surface area contributed by atoms with Gasteiger partial charge in [0.25, 0.3) is 0 Å². The number of halogens is 2. The quantitative estimate of drug-likeness (QED) is 0.313. The Bertz CT molecular complexity index is 1090. The summed E-state index contributed by atoms with van der Waals surface area (Å²) in [5.41, 5.74) is 3.99. The minimum Gasteiger partial charge on any atom is -0.389 e. The maximum absolute atomic E-state index is 10.7. The summed E-state index contributed by atoms with van der Waals surface area (Å²) in [7, 11) is 0. The van der Waals surface area contributed by atoms with Crippen LogP contribution in [0.25, 0.3) is 21.8 Å². The Morgan fingerprint density at radius 2 is 1.50 bits per heavy atom. The van der Waals surface area contributed by atoms with Gasteiger partial charge in [-0.05, 0) is 67.4 Å². The number of nitrogens with zero attached hydrogens (tertiary/aromatic N) is 2. The third-order valence-electron chi connectivity index (χ3n) is 4.77. The van der Waals surface area contributed by atoms with Crippen molar-refractivity contribution in [3.05, 3.63) is 69.6 Å². The van der Waals surface area contributed by atoms with Crippen molar-refractivity contribution in [2.75, 3.05) is 11.9 Å². The number of fused-ring (bicyclic) bond motifs is 3. The molecule has 0 saturated heterocycles. The Labute approximate surface area is 180 Å². The number of nitrogens with one attached hydrogen (secondary N) is 1. The molecule has 1 aromatic heterocycles. The van der Waals surface area contributed by atoms with Gasteiger partial charge in [0.15, 0.2) is 0 Å². The van der Waals surface area contributed by atoms with Crippen LogP contribution in [0.1, 0.15) is 0 Å². The number of aliphatic hydroxyl groups is 1. The average molecular weight is 501 g/mol. The summed E-state index contributed by atoms with van der Waals surface area (Å²) in [6.07, 6.45) is -0.539. The number of anilines is 1.